The van der Waals surface area contributed by atoms with E-state index in [2.05, 4.69) is 30.7 Å². The Hall–Kier alpha value is -0.980. The molecule has 1 aromatic heterocycles. The molecule has 0 bridgehead atoms. The van der Waals surface area contributed by atoms with Crippen LogP contribution in [0.5, 0.6) is 0 Å². The summed E-state index contributed by atoms with van der Waals surface area (Å²) in [4.78, 5) is 21.8. The summed E-state index contributed by atoms with van der Waals surface area (Å²) >= 11 is 1.61. The van der Waals surface area contributed by atoms with E-state index in [0.717, 1.165) is 50.8 Å². The molecule has 1 aromatic rings. The molecule has 128 valence electrons. The Morgan fingerprint density at radius 1 is 1.39 bits per heavy atom. The zero-order valence-corrected chi connectivity index (χ0v) is 15.1. The molecule has 0 aromatic carbocycles. The number of amides is 1. The zero-order chi connectivity index (χ0) is 16.4. The van der Waals surface area contributed by atoms with Crippen LogP contribution in [0.4, 0.5) is 0 Å². The van der Waals surface area contributed by atoms with E-state index in [4.69, 9.17) is 4.74 Å². The topological polar surface area (TPSA) is 45.7 Å². The number of ether oxygens (including phenoxy) is 1. The summed E-state index contributed by atoms with van der Waals surface area (Å²) < 4.78 is 5.44. The maximum Gasteiger partial charge on any atom is 0.273 e. The van der Waals surface area contributed by atoms with E-state index in [0.29, 0.717) is 23.6 Å². The average Bonchev–Trinajstić information content (AvgIpc) is 3.14. The molecule has 0 unspecified atom stereocenters. The molecule has 2 aliphatic rings. The third kappa shape index (κ3) is 3.92. The highest BCUT2D eigenvalue weighted by Crippen LogP contribution is 2.25. The van der Waals surface area contributed by atoms with Crippen molar-refractivity contribution >= 4 is 17.2 Å². The molecule has 6 heteroatoms. The maximum absolute atomic E-state index is 12.7. The molecular formula is C17H27N3O2S. The van der Waals surface area contributed by atoms with E-state index in [1.54, 1.807) is 11.3 Å². The SMILES string of the molecule is CC(C)Cc1nc(C(=O)N2C[C@H](C)[C@@H](N3CCOCC3)C2)cs1. The van der Waals surface area contributed by atoms with Crippen molar-refractivity contribution in [1.82, 2.24) is 14.8 Å². The van der Waals surface area contributed by atoms with Crippen LogP contribution in [0.15, 0.2) is 5.38 Å². The van der Waals surface area contributed by atoms with Crippen LogP contribution in [0.2, 0.25) is 0 Å². The summed E-state index contributed by atoms with van der Waals surface area (Å²) in [7, 11) is 0. The van der Waals surface area contributed by atoms with Crippen LogP contribution in [-0.4, -0.2) is 66.1 Å². The standard InChI is InChI=1S/C17H27N3O2S/c1-12(2)8-16-18-14(11-23-16)17(21)20-9-13(3)15(10-20)19-4-6-22-7-5-19/h11-13,15H,4-10H2,1-3H3/t13-,15-/m0/s1. The van der Waals surface area contributed by atoms with Gasteiger partial charge in [0.15, 0.2) is 0 Å². The zero-order valence-electron chi connectivity index (χ0n) is 14.3. The fraction of sp³-hybridized carbons (Fsp3) is 0.765. The first kappa shape index (κ1) is 16.9. The maximum atomic E-state index is 12.7. The first-order chi connectivity index (χ1) is 11.0. The van der Waals surface area contributed by atoms with Gasteiger partial charge in [0.1, 0.15) is 5.69 Å². The molecule has 1 amide bonds. The van der Waals surface area contributed by atoms with E-state index in [1.807, 2.05) is 10.3 Å². The van der Waals surface area contributed by atoms with Crippen molar-refractivity contribution in [3.63, 3.8) is 0 Å². The first-order valence-electron chi connectivity index (χ1n) is 8.60. The van der Waals surface area contributed by atoms with Crippen LogP contribution in [-0.2, 0) is 11.2 Å². The molecule has 3 rings (SSSR count). The molecule has 2 aliphatic heterocycles. The van der Waals surface area contributed by atoms with Crippen molar-refractivity contribution in [3.05, 3.63) is 16.1 Å². The van der Waals surface area contributed by atoms with Crippen LogP contribution in [0.1, 0.15) is 36.3 Å². The highest BCUT2D eigenvalue weighted by atomic mass is 32.1. The van der Waals surface area contributed by atoms with Gasteiger partial charge in [-0.05, 0) is 11.8 Å². The number of carbonyl (C=O) groups excluding carboxylic acids is 1. The van der Waals surface area contributed by atoms with Crippen molar-refractivity contribution in [3.8, 4) is 0 Å². The van der Waals surface area contributed by atoms with E-state index < -0.39 is 0 Å². The van der Waals surface area contributed by atoms with Gasteiger partial charge in [0.2, 0.25) is 0 Å². The van der Waals surface area contributed by atoms with Gasteiger partial charge >= 0.3 is 0 Å². The molecule has 23 heavy (non-hydrogen) atoms. The lowest BCUT2D eigenvalue weighted by molar-refractivity contribution is 0.0119. The van der Waals surface area contributed by atoms with Gasteiger partial charge in [-0.3, -0.25) is 9.69 Å². The van der Waals surface area contributed by atoms with Gasteiger partial charge in [-0.25, -0.2) is 4.98 Å². The quantitative estimate of drug-likeness (QED) is 0.844. The molecule has 2 atom stereocenters. The Balaban J connectivity index is 1.63. The fourth-order valence-corrected chi connectivity index (χ4v) is 4.50. The lowest BCUT2D eigenvalue weighted by atomic mass is 10.0. The summed E-state index contributed by atoms with van der Waals surface area (Å²) in [5, 5.41) is 2.99. The lowest BCUT2D eigenvalue weighted by Crippen LogP contribution is -2.47. The Morgan fingerprint density at radius 3 is 2.83 bits per heavy atom. The summed E-state index contributed by atoms with van der Waals surface area (Å²) in [6.07, 6.45) is 0.949. The van der Waals surface area contributed by atoms with E-state index in [9.17, 15) is 4.79 Å². The normalized spacial score (nSPS) is 26.2. The summed E-state index contributed by atoms with van der Waals surface area (Å²) in [5.74, 6) is 1.17. The molecule has 0 saturated carbocycles. The summed E-state index contributed by atoms with van der Waals surface area (Å²) in [6.45, 7) is 11.8. The number of carbonyl (C=O) groups is 1. The van der Waals surface area contributed by atoms with Crippen molar-refractivity contribution in [1.29, 1.82) is 0 Å². The van der Waals surface area contributed by atoms with Crippen LogP contribution < -0.4 is 0 Å². The smallest absolute Gasteiger partial charge is 0.273 e. The lowest BCUT2D eigenvalue weighted by Gasteiger charge is -2.33. The number of nitrogens with zero attached hydrogens (tertiary/aromatic N) is 3. The molecule has 0 spiro atoms. The number of rotatable bonds is 4. The van der Waals surface area contributed by atoms with Gasteiger partial charge < -0.3 is 9.64 Å². The molecule has 3 heterocycles. The van der Waals surface area contributed by atoms with Crippen molar-refractivity contribution < 1.29 is 9.53 Å². The number of hydrogen-bond acceptors (Lipinski definition) is 5. The summed E-state index contributed by atoms with van der Waals surface area (Å²) in [5.41, 5.74) is 0.625. The van der Waals surface area contributed by atoms with Crippen molar-refractivity contribution in [2.45, 2.75) is 33.2 Å². The fourth-order valence-electron chi connectivity index (χ4n) is 3.51. The van der Waals surface area contributed by atoms with E-state index in [-0.39, 0.29) is 5.91 Å². The van der Waals surface area contributed by atoms with Gasteiger partial charge in [0.25, 0.3) is 5.91 Å². The second-order valence-electron chi connectivity index (χ2n) is 7.13. The number of hydrogen-bond donors (Lipinski definition) is 0. The Bertz CT molecular complexity index is 540. The van der Waals surface area contributed by atoms with E-state index >= 15 is 0 Å². The molecule has 2 fully saturated rings. The second-order valence-corrected chi connectivity index (χ2v) is 8.07. The second kappa shape index (κ2) is 7.28. The largest absolute Gasteiger partial charge is 0.379 e. The predicted molar refractivity (Wildman–Crippen MR) is 91.9 cm³/mol. The average molecular weight is 337 g/mol. The molecule has 2 saturated heterocycles. The Labute approximate surface area is 142 Å². The van der Waals surface area contributed by atoms with Gasteiger partial charge in [0.05, 0.1) is 18.2 Å². The van der Waals surface area contributed by atoms with Crippen molar-refractivity contribution in [2.24, 2.45) is 11.8 Å². The molecule has 0 aliphatic carbocycles. The first-order valence-corrected chi connectivity index (χ1v) is 9.48. The minimum Gasteiger partial charge on any atom is -0.379 e. The molecular weight excluding hydrogens is 310 g/mol. The molecule has 5 nitrogen and oxygen atoms in total. The highest BCUT2D eigenvalue weighted by molar-refractivity contribution is 7.09. The Morgan fingerprint density at radius 2 is 2.13 bits per heavy atom. The predicted octanol–water partition coefficient (Wildman–Crippen LogP) is 2.13. The minimum atomic E-state index is 0.0962. The van der Waals surface area contributed by atoms with Gasteiger partial charge in [-0.2, -0.15) is 0 Å². The Kier molecular flexibility index (Phi) is 5.34. The van der Waals surface area contributed by atoms with Crippen LogP contribution in [0.25, 0.3) is 0 Å². The van der Waals surface area contributed by atoms with Gasteiger partial charge in [-0.1, -0.05) is 20.8 Å². The monoisotopic (exact) mass is 337 g/mol. The van der Waals surface area contributed by atoms with Crippen molar-refractivity contribution in [2.75, 3.05) is 39.4 Å². The third-order valence-electron chi connectivity index (χ3n) is 4.73. The number of aromatic nitrogens is 1. The third-order valence-corrected chi connectivity index (χ3v) is 5.60. The molecule has 0 N–H and O–H groups in total. The number of morpholine rings is 1. The minimum absolute atomic E-state index is 0.0962. The number of likely N-dealkylation sites (tertiary alicyclic amines) is 1. The molecule has 0 radical (unpaired) electrons. The highest BCUT2D eigenvalue weighted by Gasteiger charge is 2.37. The van der Waals surface area contributed by atoms with Crippen LogP contribution >= 0.6 is 11.3 Å². The van der Waals surface area contributed by atoms with Crippen LogP contribution in [0.3, 0.4) is 0 Å². The van der Waals surface area contributed by atoms with E-state index in [1.165, 1.54) is 0 Å². The summed E-state index contributed by atoms with van der Waals surface area (Å²) in [6, 6.07) is 0.455. The van der Waals surface area contributed by atoms with Crippen LogP contribution in [0, 0.1) is 11.8 Å². The number of thiazole rings is 1. The van der Waals surface area contributed by atoms with Gasteiger partial charge in [-0.15, -0.1) is 11.3 Å². The van der Waals surface area contributed by atoms with Gasteiger partial charge in [0, 0.05) is 44.0 Å².